The van der Waals surface area contributed by atoms with Gasteiger partial charge in [0.25, 0.3) is 0 Å². The Labute approximate surface area is 118 Å². The van der Waals surface area contributed by atoms with Crippen molar-refractivity contribution < 1.29 is 5.11 Å². The molecule has 0 amide bonds. The van der Waals surface area contributed by atoms with E-state index in [0.29, 0.717) is 4.60 Å². The molecule has 1 aromatic carbocycles. The molecule has 2 heterocycles. The topological polar surface area (TPSA) is 50.9 Å². The standard InChI is InChI=1S/C12H12BrN3OS/c1-16-10(12(13)14-15-16)11(17)9-6-7-4-2-3-5-8(7)18-9/h2-5,9,11,17H,6H2,1H3. The minimum atomic E-state index is -0.572. The third kappa shape index (κ3) is 1.98. The first-order chi connectivity index (χ1) is 8.66. The van der Waals surface area contributed by atoms with Crippen LogP contribution in [0, 0.1) is 0 Å². The maximum Gasteiger partial charge on any atom is 0.154 e. The molecule has 0 aliphatic carbocycles. The van der Waals surface area contributed by atoms with Gasteiger partial charge < -0.3 is 5.11 Å². The Morgan fingerprint density at radius 1 is 1.50 bits per heavy atom. The summed E-state index contributed by atoms with van der Waals surface area (Å²) in [5.74, 6) is 0. The predicted molar refractivity (Wildman–Crippen MR) is 73.5 cm³/mol. The lowest BCUT2D eigenvalue weighted by molar-refractivity contribution is 0.164. The van der Waals surface area contributed by atoms with Crippen LogP contribution in [0.3, 0.4) is 0 Å². The molecule has 0 fully saturated rings. The van der Waals surface area contributed by atoms with Gasteiger partial charge in [-0.15, -0.1) is 16.9 Å². The van der Waals surface area contributed by atoms with Gasteiger partial charge in [-0.2, -0.15) is 0 Å². The number of rotatable bonds is 2. The number of benzene rings is 1. The zero-order valence-electron chi connectivity index (χ0n) is 9.75. The quantitative estimate of drug-likeness (QED) is 0.920. The number of aryl methyl sites for hydroxylation is 1. The average Bonchev–Trinajstić information content (AvgIpc) is 2.92. The summed E-state index contributed by atoms with van der Waals surface area (Å²) in [5.41, 5.74) is 2.04. The first kappa shape index (κ1) is 12.2. The second kappa shape index (κ2) is 4.68. The van der Waals surface area contributed by atoms with Crippen molar-refractivity contribution in [3.63, 3.8) is 0 Å². The lowest BCUT2D eigenvalue weighted by Crippen LogP contribution is -2.18. The molecule has 2 aromatic rings. The largest absolute Gasteiger partial charge is 0.386 e. The van der Waals surface area contributed by atoms with Crippen LogP contribution in [0.1, 0.15) is 17.4 Å². The normalized spacial score (nSPS) is 19.8. The zero-order chi connectivity index (χ0) is 12.7. The van der Waals surface area contributed by atoms with Crippen LogP contribution in [-0.4, -0.2) is 25.4 Å². The molecule has 0 bridgehead atoms. The molecule has 0 spiro atoms. The van der Waals surface area contributed by atoms with Crippen molar-refractivity contribution in [3.8, 4) is 0 Å². The van der Waals surface area contributed by atoms with Crippen LogP contribution in [-0.2, 0) is 13.5 Å². The van der Waals surface area contributed by atoms with Gasteiger partial charge in [-0.05, 0) is 34.0 Å². The van der Waals surface area contributed by atoms with Crippen LogP contribution in [0.5, 0.6) is 0 Å². The van der Waals surface area contributed by atoms with E-state index in [-0.39, 0.29) is 5.25 Å². The van der Waals surface area contributed by atoms with Gasteiger partial charge >= 0.3 is 0 Å². The van der Waals surface area contributed by atoms with Gasteiger partial charge in [0.05, 0.1) is 0 Å². The third-order valence-electron chi connectivity index (χ3n) is 3.13. The molecule has 4 nitrogen and oxygen atoms in total. The van der Waals surface area contributed by atoms with Crippen LogP contribution < -0.4 is 0 Å². The highest BCUT2D eigenvalue weighted by Gasteiger charge is 2.32. The number of aliphatic hydroxyl groups excluding tert-OH is 1. The maximum absolute atomic E-state index is 10.5. The van der Waals surface area contributed by atoms with Gasteiger partial charge in [0.15, 0.2) is 4.60 Å². The summed E-state index contributed by atoms with van der Waals surface area (Å²) in [4.78, 5) is 1.26. The van der Waals surface area contributed by atoms with Crippen molar-refractivity contribution >= 4 is 27.7 Å². The maximum atomic E-state index is 10.5. The molecule has 2 unspecified atom stereocenters. The van der Waals surface area contributed by atoms with E-state index in [4.69, 9.17) is 0 Å². The molecule has 0 saturated heterocycles. The van der Waals surface area contributed by atoms with Crippen molar-refractivity contribution in [1.82, 2.24) is 15.0 Å². The number of hydrogen-bond donors (Lipinski definition) is 1. The number of hydrogen-bond acceptors (Lipinski definition) is 4. The van der Waals surface area contributed by atoms with E-state index >= 15 is 0 Å². The molecule has 1 N–H and O–H groups in total. The summed E-state index contributed by atoms with van der Waals surface area (Å²) in [7, 11) is 1.79. The molecule has 3 rings (SSSR count). The molecule has 1 aliphatic rings. The van der Waals surface area contributed by atoms with Crippen LogP contribution in [0.2, 0.25) is 0 Å². The molecule has 0 saturated carbocycles. The summed E-state index contributed by atoms with van der Waals surface area (Å²) in [6.07, 6.45) is 0.302. The Kier molecular flexibility index (Phi) is 3.17. The average molecular weight is 326 g/mol. The van der Waals surface area contributed by atoms with Crippen molar-refractivity contribution in [2.24, 2.45) is 7.05 Å². The van der Waals surface area contributed by atoms with Crippen molar-refractivity contribution in [2.75, 3.05) is 0 Å². The first-order valence-corrected chi connectivity index (χ1v) is 7.32. The van der Waals surface area contributed by atoms with E-state index in [1.807, 2.05) is 12.1 Å². The van der Waals surface area contributed by atoms with E-state index in [1.165, 1.54) is 10.5 Å². The predicted octanol–water partition coefficient (Wildman–Crippen LogP) is 2.33. The molecule has 1 aromatic heterocycles. The lowest BCUT2D eigenvalue weighted by Gasteiger charge is -2.17. The summed E-state index contributed by atoms with van der Waals surface area (Å²) in [6, 6.07) is 8.28. The lowest BCUT2D eigenvalue weighted by atomic mass is 10.1. The Bertz CT molecular complexity index is 542. The molecule has 18 heavy (non-hydrogen) atoms. The Balaban J connectivity index is 1.87. The van der Waals surface area contributed by atoms with Crippen molar-refractivity contribution in [3.05, 3.63) is 40.1 Å². The third-order valence-corrected chi connectivity index (χ3v) is 5.08. The summed E-state index contributed by atoms with van der Waals surface area (Å²) in [6.45, 7) is 0. The van der Waals surface area contributed by atoms with Crippen LogP contribution in [0.4, 0.5) is 0 Å². The number of aliphatic hydroxyl groups is 1. The van der Waals surface area contributed by atoms with E-state index in [9.17, 15) is 5.11 Å². The summed E-state index contributed by atoms with van der Waals surface area (Å²) >= 11 is 5.06. The summed E-state index contributed by atoms with van der Waals surface area (Å²) < 4.78 is 2.24. The van der Waals surface area contributed by atoms with Crippen LogP contribution in [0.25, 0.3) is 0 Å². The number of nitrogens with zero attached hydrogens (tertiary/aromatic N) is 3. The fourth-order valence-corrected chi connectivity index (χ4v) is 4.08. The van der Waals surface area contributed by atoms with Gasteiger partial charge in [-0.25, -0.2) is 4.68 Å². The van der Waals surface area contributed by atoms with Crippen LogP contribution >= 0.6 is 27.7 Å². The minimum Gasteiger partial charge on any atom is -0.386 e. The molecule has 2 atom stereocenters. The molecular formula is C12H12BrN3OS. The van der Waals surface area contributed by atoms with Gasteiger partial charge in [0, 0.05) is 17.2 Å². The van der Waals surface area contributed by atoms with Gasteiger partial charge in [0.2, 0.25) is 0 Å². The van der Waals surface area contributed by atoms with E-state index < -0.39 is 6.10 Å². The van der Waals surface area contributed by atoms with E-state index in [1.54, 1.807) is 23.5 Å². The zero-order valence-corrected chi connectivity index (χ0v) is 12.1. The first-order valence-electron chi connectivity index (χ1n) is 5.64. The highest BCUT2D eigenvalue weighted by atomic mass is 79.9. The van der Waals surface area contributed by atoms with Gasteiger partial charge in [-0.3, -0.25) is 0 Å². The second-order valence-electron chi connectivity index (χ2n) is 4.30. The van der Waals surface area contributed by atoms with Crippen LogP contribution in [0.15, 0.2) is 33.8 Å². The van der Waals surface area contributed by atoms with Gasteiger partial charge in [-0.1, -0.05) is 23.4 Å². The highest BCUT2D eigenvalue weighted by molar-refractivity contribution is 9.10. The number of fused-ring (bicyclic) bond motifs is 1. The SMILES string of the molecule is Cn1nnc(Br)c1C(O)C1Cc2ccccc2S1. The minimum absolute atomic E-state index is 0.121. The molecule has 94 valence electrons. The molecule has 1 aliphatic heterocycles. The number of aromatic nitrogens is 3. The fourth-order valence-electron chi connectivity index (χ4n) is 2.21. The highest BCUT2D eigenvalue weighted by Crippen LogP contribution is 2.43. The van der Waals surface area contributed by atoms with Gasteiger partial charge in [0.1, 0.15) is 11.8 Å². The molecule has 0 radical (unpaired) electrons. The Hall–Kier alpha value is -0.850. The monoisotopic (exact) mass is 325 g/mol. The van der Waals surface area contributed by atoms with E-state index in [0.717, 1.165) is 12.1 Å². The van der Waals surface area contributed by atoms with Crippen molar-refractivity contribution in [1.29, 1.82) is 0 Å². The molecule has 6 heteroatoms. The number of halogens is 1. The second-order valence-corrected chi connectivity index (χ2v) is 6.33. The smallest absolute Gasteiger partial charge is 0.154 e. The van der Waals surface area contributed by atoms with Crippen molar-refractivity contribution in [2.45, 2.75) is 22.7 Å². The Morgan fingerprint density at radius 3 is 2.94 bits per heavy atom. The number of thioether (sulfide) groups is 1. The van der Waals surface area contributed by atoms with E-state index in [2.05, 4.69) is 38.4 Å². The Morgan fingerprint density at radius 2 is 2.28 bits per heavy atom. The molecular weight excluding hydrogens is 314 g/mol. The fraction of sp³-hybridized carbons (Fsp3) is 0.333. The summed E-state index contributed by atoms with van der Waals surface area (Å²) in [5, 5.41) is 18.4.